The molecular formula is C28H29F3N4O3. The Morgan fingerprint density at radius 2 is 1.71 bits per heavy atom. The van der Waals surface area contributed by atoms with Gasteiger partial charge in [-0.25, -0.2) is 4.68 Å². The minimum Gasteiger partial charge on any atom is -0.497 e. The maximum atomic E-state index is 13.9. The Morgan fingerprint density at radius 3 is 2.24 bits per heavy atom. The largest absolute Gasteiger partial charge is 0.497 e. The number of amides is 2. The normalized spacial score (nSPS) is 16.6. The van der Waals surface area contributed by atoms with E-state index < -0.39 is 17.8 Å². The molecule has 10 heteroatoms. The van der Waals surface area contributed by atoms with Gasteiger partial charge in [0.1, 0.15) is 11.4 Å². The Labute approximate surface area is 218 Å². The molecule has 0 radical (unpaired) electrons. The summed E-state index contributed by atoms with van der Waals surface area (Å²) in [6, 6.07) is 14.0. The molecule has 7 nitrogen and oxygen atoms in total. The number of alkyl halides is 3. The highest BCUT2D eigenvalue weighted by molar-refractivity contribution is 6.07. The number of hydrogen-bond donors (Lipinski definition) is 0. The number of halogens is 3. The lowest BCUT2D eigenvalue weighted by Gasteiger charge is -2.45. The van der Waals surface area contributed by atoms with Gasteiger partial charge in [0.05, 0.1) is 12.8 Å². The van der Waals surface area contributed by atoms with Gasteiger partial charge in [0.15, 0.2) is 5.69 Å². The molecule has 5 rings (SSSR count). The van der Waals surface area contributed by atoms with Crippen molar-refractivity contribution in [2.24, 2.45) is 0 Å². The van der Waals surface area contributed by atoms with Gasteiger partial charge in [0.2, 0.25) is 5.91 Å². The van der Waals surface area contributed by atoms with E-state index in [1.165, 1.54) is 12.0 Å². The van der Waals surface area contributed by atoms with Crippen LogP contribution in [0, 0.1) is 0 Å². The Bertz CT molecular complexity index is 1360. The summed E-state index contributed by atoms with van der Waals surface area (Å²) < 4.78 is 47.8. The molecule has 0 spiro atoms. The molecule has 1 saturated carbocycles. The van der Waals surface area contributed by atoms with E-state index in [4.69, 9.17) is 4.74 Å². The zero-order chi connectivity index (χ0) is 27.2. The van der Waals surface area contributed by atoms with E-state index in [9.17, 15) is 22.8 Å². The van der Waals surface area contributed by atoms with E-state index in [1.807, 2.05) is 24.3 Å². The van der Waals surface area contributed by atoms with E-state index in [1.54, 1.807) is 43.1 Å². The molecular weight excluding hydrogens is 497 g/mol. The van der Waals surface area contributed by atoms with Crippen molar-refractivity contribution in [3.8, 4) is 11.4 Å². The second-order valence-corrected chi connectivity index (χ2v) is 10.0. The summed E-state index contributed by atoms with van der Waals surface area (Å²) in [6.45, 7) is 2.28. The quantitative estimate of drug-likeness (QED) is 0.453. The van der Waals surface area contributed by atoms with E-state index in [0.717, 1.165) is 29.5 Å². The van der Waals surface area contributed by atoms with Crippen LogP contribution in [0.25, 0.3) is 5.69 Å². The first-order chi connectivity index (χ1) is 18.0. The highest BCUT2D eigenvalue weighted by atomic mass is 19.4. The van der Waals surface area contributed by atoms with Crippen LogP contribution < -0.4 is 9.64 Å². The van der Waals surface area contributed by atoms with Gasteiger partial charge >= 0.3 is 6.18 Å². The number of carbonyl (C=O) groups excluding carboxylic acids is 2. The maximum absolute atomic E-state index is 13.9. The first-order valence-corrected chi connectivity index (χ1v) is 12.5. The molecule has 2 heterocycles. The third-order valence-electron chi connectivity index (χ3n) is 7.78. The smallest absolute Gasteiger partial charge is 0.435 e. The Kier molecular flexibility index (Phi) is 6.44. The van der Waals surface area contributed by atoms with Crippen molar-refractivity contribution in [1.82, 2.24) is 14.7 Å². The molecule has 200 valence electrons. The van der Waals surface area contributed by atoms with Crippen LogP contribution in [-0.4, -0.2) is 53.7 Å². The van der Waals surface area contributed by atoms with Gasteiger partial charge in [-0.05, 0) is 61.2 Å². The van der Waals surface area contributed by atoms with Crippen molar-refractivity contribution in [3.05, 3.63) is 71.0 Å². The second kappa shape index (κ2) is 9.49. The number of aromatic nitrogens is 2. The van der Waals surface area contributed by atoms with Crippen molar-refractivity contribution in [1.29, 1.82) is 0 Å². The topological polar surface area (TPSA) is 67.7 Å². The molecule has 1 aromatic heterocycles. The fourth-order valence-electron chi connectivity index (χ4n) is 5.45. The molecule has 3 aromatic rings. The minimum absolute atomic E-state index is 0.00862. The van der Waals surface area contributed by atoms with Crippen molar-refractivity contribution in [3.63, 3.8) is 0 Å². The number of nitrogens with zero attached hydrogens (tertiary/aromatic N) is 4. The van der Waals surface area contributed by atoms with Crippen molar-refractivity contribution >= 4 is 17.5 Å². The molecule has 0 atom stereocenters. The average molecular weight is 527 g/mol. The number of benzene rings is 2. The second-order valence-electron chi connectivity index (χ2n) is 10.0. The van der Waals surface area contributed by atoms with Crippen molar-refractivity contribution in [2.75, 3.05) is 32.1 Å². The van der Waals surface area contributed by atoms with Gasteiger partial charge in [0.25, 0.3) is 5.91 Å². The van der Waals surface area contributed by atoms with Crippen LogP contribution in [0.15, 0.2) is 48.5 Å². The lowest BCUT2D eigenvalue weighted by atomic mass is 9.64. The number of ether oxygens (including phenoxy) is 1. The van der Waals surface area contributed by atoms with E-state index in [0.29, 0.717) is 23.7 Å². The van der Waals surface area contributed by atoms with Crippen LogP contribution >= 0.6 is 0 Å². The molecule has 0 bridgehead atoms. The van der Waals surface area contributed by atoms with Crippen molar-refractivity contribution in [2.45, 2.75) is 44.2 Å². The molecule has 38 heavy (non-hydrogen) atoms. The van der Waals surface area contributed by atoms with Crippen LogP contribution in [0.5, 0.6) is 5.75 Å². The molecule has 2 aliphatic rings. The van der Waals surface area contributed by atoms with Gasteiger partial charge in [-0.3, -0.25) is 9.59 Å². The summed E-state index contributed by atoms with van der Waals surface area (Å²) in [5, 5.41) is 3.85. The number of rotatable bonds is 6. The Hall–Kier alpha value is -3.82. The van der Waals surface area contributed by atoms with Crippen LogP contribution in [0.3, 0.4) is 0 Å². The van der Waals surface area contributed by atoms with Gasteiger partial charge in [-0.15, -0.1) is 0 Å². The lowest BCUT2D eigenvalue weighted by Crippen LogP contribution is -2.45. The first-order valence-electron chi connectivity index (χ1n) is 12.5. The third-order valence-corrected chi connectivity index (χ3v) is 7.78. The summed E-state index contributed by atoms with van der Waals surface area (Å²) in [7, 11) is 3.29. The highest BCUT2D eigenvalue weighted by Gasteiger charge is 2.44. The van der Waals surface area contributed by atoms with Gasteiger partial charge in [-0.1, -0.05) is 18.6 Å². The number of fused-ring (bicyclic) bond motifs is 1. The summed E-state index contributed by atoms with van der Waals surface area (Å²) >= 11 is 0. The van der Waals surface area contributed by atoms with Crippen LogP contribution in [-0.2, 0) is 22.8 Å². The maximum Gasteiger partial charge on any atom is 0.435 e. The number of anilines is 1. The molecule has 2 aromatic carbocycles. The third kappa shape index (κ3) is 4.41. The Morgan fingerprint density at radius 1 is 1.08 bits per heavy atom. The molecule has 0 unspecified atom stereocenters. The van der Waals surface area contributed by atoms with Gasteiger partial charge in [0, 0.05) is 43.7 Å². The summed E-state index contributed by atoms with van der Waals surface area (Å²) in [5.74, 6) is 0.0133. The molecule has 1 aliphatic carbocycles. The monoisotopic (exact) mass is 526 g/mol. The van der Waals surface area contributed by atoms with Crippen molar-refractivity contribution < 1.29 is 27.5 Å². The Balaban J connectivity index is 1.48. The summed E-state index contributed by atoms with van der Waals surface area (Å²) in [4.78, 5) is 28.7. The van der Waals surface area contributed by atoms with E-state index in [2.05, 4.69) is 5.10 Å². The van der Waals surface area contributed by atoms with Crippen LogP contribution in [0.2, 0.25) is 0 Å². The fraction of sp³-hybridized carbons (Fsp3) is 0.393. The molecule has 1 fully saturated rings. The summed E-state index contributed by atoms with van der Waals surface area (Å²) in [5.41, 5.74) is 0.705. The number of hydrogen-bond acceptors (Lipinski definition) is 4. The van der Waals surface area contributed by atoms with E-state index in [-0.39, 0.29) is 35.5 Å². The zero-order valence-corrected chi connectivity index (χ0v) is 21.5. The predicted molar refractivity (Wildman–Crippen MR) is 136 cm³/mol. The predicted octanol–water partition coefficient (Wildman–Crippen LogP) is 5.00. The molecule has 0 saturated heterocycles. The SMILES string of the molecule is COc1ccc(-n2nc(C(F)(F)F)c3c2C(=O)N(c2ccc(C4(CN(C)C(C)=O)CCC4)cc2)CC3)cc1. The van der Waals surface area contributed by atoms with E-state index >= 15 is 0 Å². The minimum atomic E-state index is -4.68. The summed E-state index contributed by atoms with van der Waals surface area (Å²) in [6.07, 6.45) is -1.64. The standard InChI is InChI=1S/C28H29F3N4O3/c1-18(36)33(2)17-27(14-4-15-27)19-5-7-20(8-6-19)34-16-13-23-24(26(34)37)35(32-25(23)28(29,30)31)21-9-11-22(38-3)12-10-21/h5-12H,4,13-17H2,1-3H3. The van der Waals surface area contributed by atoms with Crippen LogP contribution in [0.4, 0.5) is 18.9 Å². The number of methoxy groups -OCH3 is 1. The molecule has 1 aliphatic heterocycles. The molecule has 2 amide bonds. The first kappa shape index (κ1) is 25.8. The lowest BCUT2D eigenvalue weighted by molar-refractivity contribution is -0.142. The zero-order valence-electron chi connectivity index (χ0n) is 21.5. The average Bonchev–Trinajstić information content (AvgIpc) is 3.28. The molecule has 0 N–H and O–H groups in total. The van der Waals surface area contributed by atoms with Gasteiger partial charge < -0.3 is 14.5 Å². The fourth-order valence-corrected chi connectivity index (χ4v) is 5.45. The number of likely N-dealkylation sites (N-methyl/N-ethyl adjacent to an activating group) is 1. The number of carbonyl (C=O) groups is 2. The highest BCUT2D eigenvalue weighted by Crippen LogP contribution is 2.45. The van der Waals surface area contributed by atoms with Crippen LogP contribution in [0.1, 0.15) is 53.5 Å². The van der Waals surface area contributed by atoms with Gasteiger partial charge in [-0.2, -0.15) is 18.3 Å².